The van der Waals surface area contributed by atoms with Crippen LogP contribution in [0.15, 0.2) is 0 Å². The van der Waals surface area contributed by atoms with Gasteiger partial charge in [0.15, 0.2) is 0 Å². The number of sulfonamides is 1. The Labute approximate surface area is 185 Å². The highest BCUT2D eigenvalue weighted by molar-refractivity contribution is 7.90. The summed E-state index contributed by atoms with van der Waals surface area (Å²) in [6.07, 6.45) is 4.52. The molecule has 4 aliphatic heterocycles. The fourth-order valence-corrected chi connectivity index (χ4v) is 8.04. The van der Waals surface area contributed by atoms with E-state index >= 15 is 0 Å². The second-order valence-corrected chi connectivity index (χ2v) is 11.8. The summed E-state index contributed by atoms with van der Waals surface area (Å²) in [6.45, 7) is 4.09. The molecule has 4 N–H and O–H groups in total. The Morgan fingerprint density at radius 3 is 2.74 bits per heavy atom. The molecular formula is C20H38N6O4S. The van der Waals surface area contributed by atoms with Crippen molar-refractivity contribution in [3.05, 3.63) is 0 Å². The van der Waals surface area contributed by atoms with Crippen LogP contribution < -0.4 is 20.9 Å². The molecule has 0 aromatic heterocycles. The van der Waals surface area contributed by atoms with Gasteiger partial charge in [-0.15, -0.1) is 0 Å². The van der Waals surface area contributed by atoms with E-state index in [1.54, 1.807) is 7.11 Å². The summed E-state index contributed by atoms with van der Waals surface area (Å²) in [5, 5.41) is 7.41. The normalized spacial score (nSPS) is 44.8. The van der Waals surface area contributed by atoms with Crippen LogP contribution in [0.2, 0.25) is 0 Å². The van der Waals surface area contributed by atoms with Crippen LogP contribution in [-0.4, -0.2) is 101 Å². The first-order valence-corrected chi connectivity index (χ1v) is 13.4. The van der Waals surface area contributed by atoms with Crippen LogP contribution in [0, 0.1) is 11.8 Å². The molecule has 5 rings (SSSR count). The van der Waals surface area contributed by atoms with Crippen molar-refractivity contribution in [2.45, 2.75) is 67.8 Å². The van der Waals surface area contributed by atoms with E-state index in [0.29, 0.717) is 24.8 Å². The van der Waals surface area contributed by atoms with Crippen molar-refractivity contribution < 1.29 is 17.9 Å². The van der Waals surface area contributed by atoms with Crippen LogP contribution in [0.1, 0.15) is 32.1 Å². The highest BCUT2D eigenvalue weighted by Gasteiger charge is 2.48. The van der Waals surface area contributed by atoms with Crippen molar-refractivity contribution in [3.8, 4) is 0 Å². The molecule has 5 aliphatic rings. The predicted molar refractivity (Wildman–Crippen MR) is 116 cm³/mol. The summed E-state index contributed by atoms with van der Waals surface area (Å²) in [4.78, 5) is 0. The molecule has 1 aliphatic carbocycles. The van der Waals surface area contributed by atoms with Crippen LogP contribution in [0.4, 0.5) is 0 Å². The molecule has 11 heteroatoms. The fourth-order valence-electron chi connectivity index (χ4n) is 6.41. The summed E-state index contributed by atoms with van der Waals surface area (Å²) in [7, 11) is 0.229. The van der Waals surface area contributed by atoms with E-state index in [4.69, 9.17) is 9.47 Å². The fraction of sp³-hybridized carbons (Fsp3) is 1.00. The van der Waals surface area contributed by atoms with Gasteiger partial charge in [0.1, 0.15) is 6.23 Å². The number of rotatable bonds is 5. The minimum atomic E-state index is -3.46. The number of piperidine rings is 1. The standard InChI is InChI=1S/C20H38N6O4S/c1-25-19-13(10-22-25)4-7-17(29-2)18(19)24-31(27,28)14-5-6-16(21-11-14)15-12-23-26-8-3-9-30-20(15)26/h13-24H,3-12H2,1-2H3. The molecule has 0 bridgehead atoms. The smallest absolute Gasteiger partial charge is 0.216 e. The molecule has 0 radical (unpaired) electrons. The maximum absolute atomic E-state index is 13.4. The Bertz CT molecular complexity index is 733. The number of hydrogen-bond donors (Lipinski definition) is 4. The zero-order valence-corrected chi connectivity index (χ0v) is 19.4. The summed E-state index contributed by atoms with van der Waals surface area (Å²) >= 11 is 0. The molecule has 4 saturated heterocycles. The van der Waals surface area contributed by atoms with Gasteiger partial charge >= 0.3 is 0 Å². The lowest BCUT2D eigenvalue weighted by atomic mass is 9.80. The highest BCUT2D eigenvalue weighted by Crippen LogP contribution is 2.34. The zero-order valence-electron chi connectivity index (χ0n) is 18.6. The molecule has 0 amide bonds. The Hall–Kier alpha value is -0.370. The number of ether oxygens (including phenoxy) is 2. The third-order valence-electron chi connectivity index (χ3n) is 8.13. The Balaban J connectivity index is 1.21. The lowest BCUT2D eigenvalue weighted by molar-refractivity contribution is -0.111. The molecule has 4 heterocycles. The largest absolute Gasteiger partial charge is 0.380 e. The van der Waals surface area contributed by atoms with Gasteiger partial charge in [-0.2, -0.15) is 0 Å². The summed E-state index contributed by atoms with van der Waals surface area (Å²) in [5.74, 6) is 0.804. The van der Waals surface area contributed by atoms with Gasteiger partial charge in [-0.3, -0.25) is 10.9 Å². The number of hydrazine groups is 2. The van der Waals surface area contributed by atoms with E-state index in [-0.39, 0.29) is 30.5 Å². The second-order valence-electron chi connectivity index (χ2n) is 9.81. The van der Waals surface area contributed by atoms with Crippen molar-refractivity contribution in [1.82, 2.24) is 30.9 Å². The SMILES string of the molecule is COC1CCC2CNN(C)C2C1NS(=O)(=O)C1CCC(C2CNN3CCCOC23)NC1. The van der Waals surface area contributed by atoms with Gasteiger partial charge in [0.25, 0.3) is 0 Å². The highest BCUT2D eigenvalue weighted by atomic mass is 32.2. The maximum atomic E-state index is 13.4. The average Bonchev–Trinajstić information content (AvgIpc) is 3.38. The van der Waals surface area contributed by atoms with Crippen LogP contribution in [0.3, 0.4) is 0 Å². The predicted octanol–water partition coefficient (Wildman–Crippen LogP) is -1.18. The van der Waals surface area contributed by atoms with E-state index in [1.165, 1.54) is 0 Å². The first kappa shape index (κ1) is 22.4. The first-order valence-electron chi connectivity index (χ1n) is 11.8. The van der Waals surface area contributed by atoms with Gasteiger partial charge in [-0.25, -0.2) is 23.2 Å². The Kier molecular flexibility index (Phi) is 6.59. The van der Waals surface area contributed by atoms with Crippen molar-refractivity contribution in [1.29, 1.82) is 0 Å². The van der Waals surface area contributed by atoms with Gasteiger partial charge in [0.05, 0.1) is 24.0 Å². The minimum Gasteiger partial charge on any atom is -0.380 e. The summed E-state index contributed by atoms with van der Waals surface area (Å²) in [5.41, 5.74) is 6.82. The monoisotopic (exact) mass is 458 g/mol. The van der Waals surface area contributed by atoms with Crippen molar-refractivity contribution in [3.63, 3.8) is 0 Å². The van der Waals surface area contributed by atoms with E-state index in [9.17, 15) is 8.42 Å². The van der Waals surface area contributed by atoms with E-state index in [1.807, 2.05) is 7.05 Å². The molecular weight excluding hydrogens is 420 g/mol. The quantitative estimate of drug-likeness (QED) is 0.405. The number of nitrogens with zero attached hydrogens (tertiary/aromatic N) is 2. The molecule has 0 aromatic rings. The van der Waals surface area contributed by atoms with Gasteiger partial charge in [0.2, 0.25) is 10.0 Å². The molecule has 8 atom stereocenters. The number of hydrogen-bond acceptors (Lipinski definition) is 9. The zero-order chi connectivity index (χ0) is 21.6. The average molecular weight is 459 g/mol. The van der Waals surface area contributed by atoms with Gasteiger partial charge in [0, 0.05) is 58.3 Å². The summed E-state index contributed by atoms with van der Waals surface area (Å²) in [6, 6.07) is 0.175. The van der Waals surface area contributed by atoms with Crippen LogP contribution in [0.25, 0.3) is 0 Å². The molecule has 10 nitrogen and oxygen atoms in total. The number of likely N-dealkylation sites (N-methyl/N-ethyl adjacent to an activating group) is 1. The van der Waals surface area contributed by atoms with Crippen LogP contribution in [-0.2, 0) is 19.5 Å². The van der Waals surface area contributed by atoms with Gasteiger partial charge < -0.3 is 14.8 Å². The van der Waals surface area contributed by atoms with E-state index in [2.05, 4.69) is 30.9 Å². The Morgan fingerprint density at radius 1 is 1.10 bits per heavy atom. The number of nitrogens with one attached hydrogen (secondary N) is 4. The topological polar surface area (TPSA) is 107 Å². The summed E-state index contributed by atoms with van der Waals surface area (Å²) < 4.78 is 41.5. The number of fused-ring (bicyclic) bond motifs is 2. The van der Waals surface area contributed by atoms with E-state index < -0.39 is 15.3 Å². The van der Waals surface area contributed by atoms with E-state index in [0.717, 1.165) is 51.9 Å². The van der Waals surface area contributed by atoms with Crippen molar-refractivity contribution in [2.24, 2.45) is 11.8 Å². The maximum Gasteiger partial charge on any atom is 0.216 e. The van der Waals surface area contributed by atoms with Gasteiger partial charge in [-0.05, 0) is 38.0 Å². The van der Waals surface area contributed by atoms with Crippen molar-refractivity contribution >= 4 is 10.0 Å². The van der Waals surface area contributed by atoms with Gasteiger partial charge in [-0.1, -0.05) is 0 Å². The molecule has 5 fully saturated rings. The lowest BCUT2D eigenvalue weighted by Gasteiger charge is -2.42. The third-order valence-corrected chi connectivity index (χ3v) is 10.0. The molecule has 178 valence electrons. The molecule has 31 heavy (non-hydrogen) atoms. The Morgan fingerprint density at radius 2 is 1.97 bits per heavy atom. The second kappa shape index (κ2) is 9.11. The first-order chi connectivity index (χ1) is 15.0. The molecule has 0 spiro atoms. The number of methoxy groups -OCH3 is 1. The van der Waals surface area contributed by atoms with Crippen LogP contribution in [0.5, 0.6) is 0 Å². The third kappa shape index (κ3) is 4.29. The molecule has 8 unspecified atom stereocenters. The minimum absolute atomic E-state index is 0.0957. The van der Waals surface area contributed by atoms with Crippen LogP contribution >= 0.6 is 0 Å². The molecule has 0 aromatic carbocycles. The van der Waals surface area contributed by atoms with Crippen molar-refractivity contribution in [2.75, 3.05) is 46.9 Å². The molecule has 1 saturated carbocycles. The lowest BCUT2D eigenvalue weighted by Crippen LogP contribution is -2.62.